The molecule has 1 aromatic carbocycles. The largest absolute Gasteiger partial charge is 0.374 e. The van der Waals surface area contributed by atoms with Gasteiger partial charge in [-0.3, -0.25) is 0 Å². The van der Waals surface area contributed by atoms with Crippen LogP contribution in [0.1, 0.15) is 11.6 Å². The number of thiophene rings is 1. The van der Waals surface area contributed by atoms with Crippen molar-refractivity contribution in [1.29, 1.82) is 0 Å². The third kappa shape index (κ3) is 2.09. The summed E-state index contributed by atoms with van der Waals surface area (Å²) in [5.41, 5.74) is 7.53. The van der Waals surface area contributed by atoms with E-state index in [1.807, 2.05) is 0 Å². The first-order chi connectivity index (χ1) is 8.36. The van der Waals surface area contributed by atoms with Gasteiger partial charge in [0.1, 0.15) is 0 Å². The first-order valence-corrected chi connectivity index (χ1v) is 6.78. The van der Waals surface area contributed by atoms with Gasteiger partial charge in [0.25, 0.3) is 0 Å². The molecular weight excluding hydrogens is 232 g/mol. The first-order valence-electron chi connectivity index (χ1n) is 5.90. The summed E-state index contributed by atoms with van der Waals surface area (Å²) in [7, 11) is 0. The lowest BCUT2D eigenvalue weighted by Gasteiger charge is -2.28. The number of morpholine rings is 1. The van der Waals surface area contributed by atoms with Gasteiger partial charge in [0.2, 0.25) is 0 Å². The number of nitrogens with one attached hydrogen (secondary N) is 1. The van der Waals surface area contributed by atoms with Crippen LogP contribution in [-0.4, -0.2) is 25.8 Å². The summed E-state index contributed by atoms with van der Waals surface area (Å²) >= 11 is 1.75. The molecule has 1 aromatic heterocycles. The zero-order valence-electron chi connectivity index (χ0n) is 9.56. The molecule has 0 saturated carbocycles. The van der Waals surface area contributed by atoms with E-state index in [0.717, 1.165) is 19.7 Å². The molecule has 0 amide bonds. The second kappa shape index (κ2) is 4.74. The fourth-order valence-corrected chi connectivity index (χ4v) is 3.28. The van der Waals surface area contributed by atoms with Gasteiger partial charge in [0.05, 0.1) is 18.8 Å². The molecule has 0 aliphatic carbocycles. The van der Waals surface area contributed by atoms with Crippen LogP contribution < -0.4 is 11.1 Å². The second-order valence-electron chi connectivity index (χ2n) is 4.33. The van der Waals surface area contributed by atoms with Gasteiger partial charge in [0.15, 0.2) is 0 Å². The predicted molar refractivity (Wildman–Crippen MR) is 71.4 cm³/mol. The standard InChI is InChI=1S/C13H16N2OS/c14-13(11-7-15-5-6-16-11)10-8-17-12-4-2-1-3-9(10)12/h1-4,8,11,13,15H,5-7,14H2. The number of rotatable bonds is 2. The summed E-state index contributed by atoms with van der Waals surface area (Å²) < 4.78 is 7.02. The van der Waals surface area contributed by atoms with Crippen LogP contribution in [-0.2, 0) is 4.74 Å². The van der Waals surface area contributed by atoms with Crippen LogP contribution in [0.2, 0.25) is 0 Å². The summed E-state index contributed by atoms with van der Waals surface area (Å²) in [6, 6.07) is 8.35. The van der Waals surface area contributed by atoms with E-state index in [1.165, 1.54) is 15.6 Å². The average molecular weight is 248 g/mol. The fourth-order valence-electron chi connectivity index (χ4n) is 2.27. The molecule has 2 atom stereocenters. The van der Waals surface area contributed by atoms with Gasteiger partial charge in [-0.2, -0.15) is 0 Å². The third-order valence-electron chi connectivity index (χ3n) is 3.23. The Labute approximate surface area is 105 Å². The highest BCUT2D eigenvalue weighted by Gasteiger charge is 2.24. The zero-order chi connectivity index (χ0) is 11.7. The van der Waals surface area contributed by atoms with Crippen LogP contribution in [0.5, 0.6) is 0 Å². The van der Waals surface area contributed by atoms with Crippen LogP contribution >= 0.6 is 11.3 Å². The Kier molecular flexibility index (Phi) is 3.11. The van der Waals surface area contributed by atoms with E-state index in [2.05, 4.69) is 35.0 Å². The molecule has 0 bridgehead atoms. The van der Waals surface area contributed by atoms with Crippen molar-refractivity contribution in [2.45, 2.75) is 12.1 Å². The maximum absolute atomic E-state index is 6.32. The van der Waals surface area contributed by atoms with Crippen LogP contribution in [0.4, 0.5) is 0 Å². The van der Waals surface area contributed by atoms with Crippen molar-refractivity contribution in [2.24, 2.45) is 5.73 Å². The van der Waals surface area contributed by atoms with Gasteiger partial charge in [-0.25, -0.2) is 0 Å². The van der Waals surface area contributed by atoms with Gasteiger partial charge in [-0.1, -0.05) is 18.2 Å². The molecule has 1 aliphatic heterocycles. The smallest absolute Gasteiger partial charge is 0.0892 e. The maximum atomic E-state index is 6.32. The van der Waals surface area contributed by atoms with Crippen molar-refractivity contribution in [3.8, 4) is 0 Å². The summed E-state index contributed by atoms with van der Waals surface area (Å²) in [5, 5.41) is 6.75. The molecule has 2 aromatic rings. The van der Waals surface area contributed by atoms with Gasteiger partial charge in [-0.05, 0) is 22.4 Å². The van der Waals surface area contributed by atoms with Gasteiger partial charge >= 0.3 is 0 Å². The van der Waals surface area contributed by atoms with Crippen LogP contribution in [0.3, 0.4) is 0 Å². The quantitative estimate of drug-likeness (QED) is 0.853. The number of hydrogen-bond donors (Lipinski definition) is 2. The summed E-state index contributed by atoms with van der Waals surface area (Å²) in [5.74, 6) is 0. The number of benzene rings is 1. The van der Waals surface area contributed by atoms with E-state index in [1.54, 1.807) is 11.3 Å². The van der Waals surface area contributed by atoms with E-state index in [4.69, 9.17) is 10.5 Å². The van der Waals surface area contributed by atoms with Crippen LogP contribution in [0.25, 0.3) is 10.1 Å². The minimum Gasteiger partial charge on any atom is -0.374 e. The Hall–Kier alpha value is -0.940. The molecule has 4 heteroatoms. The lowest BCUT2D eigenvalue weighted by atomic mass is 10.0. The molecule has 1 aliphatic rings. The molecule has 2 unspecified atom stereocenters. The normalized spacial score (nSPS) is 22.8. The number of fused-ring (bicyclic) bond motifs is 1. The van der Waals surface area contributed by atoms with Crippen molar-refractivity contribution >= 4 is 21.4 Å². The van der Waals surface area contributed by atoms with E-state index in [-0.39, 0.29) is 12.1 Å². The zero-order valence-corrected chi connectivity index (χ0v) is 10.4. The van der Waals surface area contributed by atoms with Crippen molar-refractivity contribution in [3.63, 3.8) is 0 Å². The summed E-state index contributed by atoms with van der Waals surface area (Å²) in [6.45, 7) is 2.51. The highest BCUT2D eigenvalue weighted by Crippen LogP contribution is 2.31. The Balaban J connectivity index is 1.92. The molecule has 0 radical (unpaired) electrons. The fraction of sp³-hybridized carbons (Fsp3) is 0.385. The van der Waals surface area contributed by atoms with Crippen molar-refractivity contribution in [3.05, 3.63) is 35.2 Å². The van der Waals surface area contributed by atoms with E-state index in [9.17, 15) is 0 Å². The van der Waals surface area contributed by atoms with Crippen molar-refractivity contribution in [1.82, 2.24) is 5.32 Å². The summed E-state index contributed by atoms with van der Waals surface area (Å²) in [4.78, 5) is 0. The SMILES string of the molecule is NC(c1csc2ccccc12)C1CNCCO1. The molecule has 0 spiro atoms. The molecule has 3 rings (SSSR count). The average Bonchev–Trinajstić information content (AvgIpc) is 2.83. The minimum absolute atomic E-state index is 0.0426. The maximum Gasteiger partial charge on any atom is 0.0892 e. The Bertz CT molecular complexity index is 505. The molecule has 2 heterocycles. The number of ether oxygens (including phenoxy) is 1. The molecule has 1 saturated heterocycles. The van der Waals surface area contributed by atoms with Gasteiger partial charge in [0, 0.05) is 17.8 Å². The Morgan fingerprint density at radius 1 is 1.41 bits per heavy atom. The lowest BCUT2D eigenvalue weighted by Crippen LogP contribution is -2.44. The van der Waals surface area contributed by atoms with E-state index >= 15 is 0 Å². The number of nitrogens with two attached hydrogens (primary N) is 1. The van der Waals surface area contributed by atoms with Crippen LogP contribution in [0, 0.1) is 0 Å². The second-order valence-corrected chi connectivity index (χ2v) is 5.24. The first kappa shape index (κ1) is 11.2. The van der Waals surface area contributed by atoms with E-state index < -0.39 is 0 Å². The number of hydrogen-bond acceptors (Lipinski definition) is 4. The molecule has 1 fully saturated rings. The van der Waals surface area contributed by atoms with Gasteiger partial charge < -0.3 is 15.8 Å². The third-order valence-corrected chi connectivity index (χ3v) is 4.21. The lowest BCUT2D eigenvalue weighted by molar-refractivity contribution is 0.0125. The minimum atomic E-state index is -0.0426. The van der Waals surface area contributed by atoms with Crippen molar-refractivity contribution < 1.29 is 4.74 Å². The van der Waals surface area contributed by atoms with E-state index in [0.29, 0.717) is 0 Å². The van der Waals surface area contributed by atoms with Gasteiger partial charge in [-0.15, -0.1) is 11.3 Å². The molecular formula is C13H16N2OS. The Morgan fingerprint density at radius 2 is 2.29 bits per heavy atom. The highest BCUT2D eigenvalue weighted by atomic mass is 32.1. The molecule has 3 N–H and O–H groups in total. The summed E-state index contributed by atoms with van der Waals surface area (Å²) in [6.07, 6.45) is 0.0850. The van der Waals surface area contributed by atoms with Crippen LogP contribution in [0.15, 0.2) is 29.6 Å². The Morgan fingerprint density at radius 3 is 3.12 bits per heavy atom. The topological polar surface area (TPSA) is 47.3 Å². The monoisotopic (exact) mass is 248 g/mol. The molecule has 90 valence electrons. The van der Waals surface area contributed by atoms with Crippen molar-refractivity contribution in [2.75, 3.05) is 19.7 Å². The molecule has 3 nitrogen and oxygen atoms in total. The predicted octanol–water partition coefficient (Wildman–Crippen LogP) is 1.89. The molecule has 17 heavy (non-hydrogen) atoms. The highest BCUT2D eigenvalue weighted by molar-refractivity contribution is 7.17.